The minimum absolute atomic E-state index is 0.420. The first kappa shape index (κ1) is 13.4. The average molecular weight is 258 g/mol. The van der Waals surface area contributed by atoms with E-state index >= 15 is 0 Å². The largest absolute Gasteiger partial charge is 0.497 e. The Morgan fingerprint density at radius 2 is 1.89 bits per heavy atom. The summed E-state index contributed by atoms with van der Waals surface area (Å²) >= 11 is 0. The monoisotopic (exact) mass is 258 g/mol. The zero-order chi connectivity index (χ0) is 13.8. The lowest BCUT2D eigenvalue weighted by atomic mass is 9.93. The highest BCUT2D eigenvalue weighted by Gasteiger charge is 2.18. The molecule has 0 aliphatic rings. The number of benzene rings is 2. The maximum absolute atomic E-state index is 11.3. The van der Waals surface area contributed by atoms with Gasteiger partial charge in [-0.15, -0.1) is 0 Å². The molecule has 2 rings (SSSR count). The molecule has 0 fully saturated rings. The van der Waals surface area contributed by atoms with Crippen molar-refractivity contribution in [3.63, 3.8) is 0 Å². The van der Waals surface area contributed by atoms with Crippen molar-refractivity contribution >= 4 is 16.7 Å². The molecule has 0 saturated carbocycles. The number of rotatable bonds is 5. The summed E-state index contributed by atoms with van der Waals surface area (Å²) in [5.74, 6) is -0.366. The fourth-order valence-corrected chi connectivity index (χ4v) is 2.31. The normalized spacial score (nSPS) is 12.3. The molecule has 0 spiro atoms. The summed E-state index contributed by atoms with van der Waals surface area (Å²) in [5, 5.41) is 11.4. The van der Waals surface area contributed by atoms with Crippen LogP contribution < -0.4 is 4.74 Å². The average Bonchev–Trinajstić information content (AvgIpc) is 2.43. The predicted octanol–water partition coefficient (Wildman–Crippen LogP) is 3.82. The SMILES string of the molecule is CCC[C@@H](C(=O)O)c1ccc2cc(OC)ccc2c1. The van der Waals surface area contributed by atoms with Gasteiger partial charge in [0, 0.05) is 0 Å². The Morgan fingerprint density at radius 1 is 1.21 bits per heavy atom. The van der Waals surface area contributed by atoms with E-state index in [0.29, 0.717) is 6.42 Å². The lowest BCUT2D eigenvalue weighted by Gasteiger charge is -2.12. The van der Waals surface area contributed by atoms with Crippen LogP contribution >= 0.6 is 0 Å². The first-order chi connectivity index (χ1) is 9.15. The fourth-order valence-electron chi connectivity index (χ4n) is 2.31. The highest BCUT2D eigenvalue weighted by Crippen LogP contribution is 2.27. The number of carboxylic acid groups (broad SMARTS) is 1. The summed E-state index contributed by atoms with van der Waals surface area (Å²) < 4.78 is 5.18. The van der Waals surface area contributed by atoms with Gasteiger partial charge in [-0.1, -0.05) is 37.6 Å². The molecule has 0 aromatic heterocycles. The van der Waals surface area contributed by atoms with Crippen LogP contribution in [0.15, 0.2) is 36.4 Å². The van der Waals surface area contributed by atoms with Crippen LogP contribution in [0.3, 0.4) is 0 Å². The van der Waals surface area contributed by atoms with Gasteiger partial charge in [0.05, 0.1) is 13.0 Å². The first-order valence-electron chi connectivity index (χ1n) is 6.46. The van der Waals surface area contributed by atoms with Gasteiger partial charge < -0.3 is 9.84 Å². The summed E-state index contributed by atoms with van der Waals surface area (Å²) in [5.41, 5.74) is 0.868. The van der Waals surface area contributed by atoms with Crippen LogP contribution in [0.2, 0.25) is 0 Å². The van der Waals surface area contributed by atoms with Crippen molar-refractivity contribution in [1.82, 2.24) is 0 Å². The summed E-state index contributed by atoms with van der Waals surface area (Å²) in [6, 6.07) is 11.6. The van der Waals surface area contributed by atoms with Gasteiger partial charge >= 0.3 is 5.97 Å². The second-order valence-electron chi connectivity index (χ2n) is 4.65. The molecule has 2 aromatic carbocycles. The van der Waals surface area contributed by atoms with Gasteiger partial charge in [-0.2, -0.15) is 0 Å². The number of aliphatic carboxylic acids is 1. The summed E-state index contributed by atoms with van der Waals surface area (Å²) in [6.45, 7) is 2.00. The van der Waals surface area contributed by atoms with Gasteiger partial charge in [0.25, 0.3) is 0 Å². The van der Waals surface area contributed by atoms with Crippen LogP contribution in [0.5, 0.6) is 5.75 Å². The lowest BCUT2D eigenvalue weighted by Crippen LogP contribution is -2.11. The molecule has 0 radical (unpaired) electrons. The zero-order valence-corrected chi connectivity index (χ0v) is 11.2. The molecule has 0 unspecified atom stereocenters. The Kier molecular flexibility index (Phi) is 4.05. The number of fused-ring (bicyclic) bond motifs is 1. The van der Waals surface area contributed by atoms with Gasteiger partial charge in [0.2, 0.25) is 0 Å². The van der Waals surface area contributed by atoms with E-state index in [1.165, 1.54) is 0 Å². The third kappa shape index (κ3) is 2.87. The molecular weight excluding hydrogens is 240 g/mol. The van der Waals surface area contributed by atoms with Crippen LogP contribution in [-0.4, -0.2) is 18.2 Å². The predicted molar refractivity (Wildman–Crippen MR) is 75.8 cm³/mol. The molecule has 0 amide bonds. The molecule has 0 saturated heterocycles. The fraction of sp³-hybridized carbons (Fsp3) is 0.312. The summed E-state index contributed by atoms with van der Waals surface area (Å²) in [6.07, 6.45) is 1.52. The van der Waals surface area contributed by atoms with Gasteiger partial charge in [0.15, 0.2) is 0 Å². The maximum Gasteiger partial charge on any atom is 0.310 e. The van der Waals surface area contributed by atoms with Crippen molar-refractivity contribution in [3.05, 3.63) is 42.0 Å². The molecule has 0 heterocycles. The third-order valence-electron chi connectivity index (χ3n) is 3.35. The maximum atomic E-state index is 11.3. The summed E-state index contributed by atoms with van der Waals surface area (Å²) in [7, 11) is 1.64. The van der Waals surface area contributed by atoms with Gasteiger partial charge in [-0.05, 0) is 34.9 Å². The van der Waals surface area contributed by atoms with Crippen LogP contribution in [0.4, 0.5) is 0 Å². The molecule has 1 atom stereocenters. The first-order valence-corrected chi connectivity index (χ1v) is 6.46. The van der Waals surface area contributed by atoms with Crippen LogP contribution in [0.1, 0.15) is 31.2 Å². The summed E-state index contributed by atoms with van der Waals surface area (Å²) in [4.78, 5) is 11.3. The van der Waals surface area contributed by atoms with Crippen molar-refractivity contribution < 1.29 is 14.6 Å². The van der Waals surface area contributed by atoms with Gasteiger partial charge in [-0.3, -0.25) is 4.79 Å². The van der Waals surface area contributed by atoms with Gasteiger partial charge in [-0.25, -0.2) is 0 Å². The van der Waals surface area contributed by atoms with Crippen LogP contribution in [0.25, 0.3) is 10.8 Å². The van der Waals surface area contributed by atoms with Crippen molar-refractivity contribution in [2.75, 3.05) is 7.11 Å². The Balaban J connectivity index is 2.43. The zero-order valence-electron chi connectivity index (χ0n) is 11.2. The highest BCUT2D eigenvalue weighted by molar-refractivity contribution is 5.86. The van der Waals surface area contributed by atoms with E-state index in [9.17, 15) is 9.90 Å². The number of carboxylic acids is 1. The van der Waals surface area contributed by atoms with E-state index in [1.807, 2.05) is 43.3 Å². The minimum Gasteiger partial charge on any atom is -0.497 e. The molecular formula is C16H18O3. The number of hydrogen-bond donors (Lipinski definition) is 1. The quantitative estimate of drug-likeness (QED) is 0.886. The number of hydrogen-bond acceptors (Lipinski definition) is 2. The van der Waals surface area contributed by atoms with Crippen molar-refractivity contribution in [2.24, 2.45) is 0 Å². The molecule has 1 N–H and O–H groups in total. The Morgan fingerprint density at radius 3 is 2.53 bits per heavy atom. The smallest absolute Gasteiger partial charge is 0.310 e. The van der Waals surface area contributed by atoms with Gasteiger partial charge in [0.1, 0.15) is 5.75 Å². The lowest BCUT2D eigenvalue weighted by molar-refractivity contribution is -0.139. The molecule has 3 heteroatoms. The molecule has 2 aromatic rings. The topological polar surface area (TPSA) is 46.5 Å². The van der Waals surface area contributed by atoms with Crippen molar-refractivity contribution in [2.45, 2.75) is 25.7 Å². The minimum atomic E-state index is -0.755. The number of carbonyl (C=O) groups is 1. The highest BCUT2D eigenvalue weighted by atomic mass is 16.5. The van der Waals surface area contributed by atoms with Crippen molar-refractivity contribution in [1.29, 1.82) is 0 Å². The molecule has 0 bridgehead atoms. The molecule has 3 nitrogen and oxygen atoms in total. The van der Waals surface area contributed by atoms with E-state index in [2.05, 4.69) is 0 Å². The molecule has 100 valence electrons. The second kappa shape index (κ2) is 5.74. The van der Waals surface area contributed by atoms with E-state index in [-0.39, 0.29) is 0 Å². The van der Waals surface area contributed by atoms with E-state index in [1.54, 1.807) is 7.11 Å². The van der Waals surface area contributed by atoms with Crippen LogP contribution in [-0.2, 0) is 4.79 Å². The number of ether oxygens (including phenoxy) is 1. The second-order valence-corrected chi connectivity index (χ2v) is 4.65. The van der Waals surface area contributed by atoms with Crippen LogP contribution in [0, 0.1) is 0 Å². The standard InChI is InChI=1S/C16H18O3/c1-3-4-15(16(17)18)13-6-5-12-10-14(19-2)8-7-11(12)9-13/h5-10,15H,3-4H2,1-2H3,(H,17,18)/t15-/m1/s1. The Labute approximate surface area is 112 Å². The number of methoxy groups -OCH3 is 1. The Bertz CT molecular complexity index is 590. The molecule has 19 heavy (non-hydrogen) atoms. The third-order valence-corrected chi connectivity index (χ3v) is 3.35. The molecule has 0 aliphatic carbocycles. The van der Waals surface area contributed by atoms with E-state index in [0.717, 1.165) is 28.5 Å². The molecule has 0 aliphatic heterocycles. The van der Waals surface area contributed by atoms with E-state index < -0.39 is 11.9 Å². The Hall–Kier alpha value is -2.03. The van der Waals surface area contributed by atoms with Crippen molar-refractivity contribution in [3.8, 4) is 5.75 Å². The van der Waals surface area contributed by atoms with E-state index in [4.69, 9.17) is 4.74 Å².